The van der Waals surface area contributed by atoms with Gasteiger partial charge in [0.2, 0.25) is 21.8 Å². The second-order valence-corrected chi connectivity index (χ2v) is 16.0. The average Bonchev–Trinajstić information content (AvgIpc) is 3.52. The Morgan fingerprint density at radius 2 is 1.69 bits per heavy atom. The van der Waals surface area contributed by atoms with Crippen LogP contribution in [0.4, 0.5) is 4.79 Å². The maximum atomic E-state index is 13.6. The Bertz CT molecular complexity index is 1430. The van der Waals surface area contributed by atoms with Crippen molar-refractivity contribution in [3.8, 4) is 0 Å². The van der Waals surface area contributed by atoms with E-state index in [0.29, 0.717) is 51.9 Å². The summed E-state index contributed by atoms with van der Waals surface area (Å²) in [6.45, 7) is 11.1. The molecule has 1 unspecified atom stereocenters. The quantitative estimate of drug-likeness (QED) is 0.147. The number of amides is 3. The van der Waals surface area contributed by atoms with Gasteiger partial charge in [0.1, 0.15) is 18.2 Å². The van der Waals surface area contributed by atoms with Crippen LogP contribution >= 0.6 is 0 Å². The molecule has 2 saturated heterocycles. The maximum Gasteiger partial charge on any atom is 0.508 e. The van der Waals surface area contributed by atoms with Gasteiger partial charge in [0.25, 0.3) is 5.91 Å². The van der Waals surface area contributed by atoms with Crippen molar-refractivity contribution in [3.05, 3.63) is 35.9 Å². The van der Waals surface area contributed by atoms with E-state index in [4.69, 9.17) is 15.2 Å². The number of nitrogens with one attached hydrogen (secondary N) is 2. The number of nitrogens with zero attached hydrogens (tertiary/aromatic N) is 3. The molecule has 0 aromatic heterocycles. The topological polar surface area (TPSA) is 190 Å². The van der Waals surface area contributed by atoms with Gasteiger partial charge in [0.05, 0.1) is 12.9 Å². The Kier molecular flexibility index (Phi) is 14.4. The Morgan fingerprint density at radius 1 is 1.04 bits per heavy atom. The molecule has 0 saturated carbocycles. The Labute approximate surface area is 290 Å². The van der Waals surface area contributed by atoms with Gasteiger partial charge in [-0.15, -0.1) is 0 Å². The van der Waals surface area contributed by atoms with Crippen LogP contribution in [0.3, 0.4) is 0 Å². The fourth-order valence-corrected chi connectivity index (χ4v) is 6.83. The average molecular weight is 707 g/mol. The highest BCUT2D eigenvalue weighted by molar-refractivity contribution is 7.88. The zero-order valence-electron chi connectivity index (χ0n) is 29.6. The molecule has 49 heavy (non-hydrogen) atoms. The third kappa shape index (κ3) is 12.9. The molecule has 1 aromatic carbocycles. The molecule has 0 aliphatic carbocycles. The molecule has 0 bridgehead atoms. The van der Waals surface area contributed by atoms with Gasteiger partial charge in [-0.25, -0.2) is 17.9 Å². The number of aliphatic imine (C=N–C) groups is 1. The lowest BCUT2D eigenvalue weighted by molar-refractivity contribution is -0.139. The Morgan fingerprint density at radius 3 is 2.31 bits per heavy atom. The van der Waals surface area contributed by atoms with Crippen molar-refractivity contribution < 1.29 is 37.1 Å². The van der Waals surface area contributed by atoms with Crippen molar-refractivity contribution in [2.45, 2.75) is 91.3 Å². The summed E-state index contributed by atoms with van der Waals surface area (Å²) < 4.78 is 37.0. The summed E-state index contributed by atoms with van der Waals surface area (Å²) in [6.07, 6.45) is 2.67. The first-order valence-corrected chi connectivity index (χ1v) is 18.9. The lowest BCUT2D eigenvalue weighted by Crippen LogP contribution is -2.54. The number of sulfonamides is 1. The molecule has 3 atom stereocenters. The number of guanidine groups is 1. The summed E-state index contributed by atoms with van der Waals surface area (Å²) >= 11 is 0. The zero-order chi connectivity index (χ0) is 36.4. The molecule has 3 rings (SSSR count). The summed E-state index contributed by atoms with van der Waals surface area (Å²) in [7, 11) is -3.68. The van der Waals surface area contributed by atoms with Gasteiger partial charge in [0, 0.05) is 31.6 Å². The van der Waals surface area contributed by atoms with Gasteiger partial charge in [-0.3, -0.25) is 14.4 Å². The van der Waals surface area contributed by atoms with Crippen LogP contribution < -0.4 is 15.8 Å². The SMILES string of the molecule is CC(C)COC(=O)OC(C)CC(C)(C)C(=O)N=C(N)N1CCC(CNC(=O)[C@@H]2CCCN2C(=O)[C@@H](Cc2ccccc2)NS(C)(=O)=O)CC1. The van der Waals surface area contributed by atoms with E-state index >= 15 is 0 Å². The molecule has 0 spiro atoms. The normalized spacial score (nSPS) is 19.0. The Hall–Kier alpha value is -3.72. The molecule has 274 valence electrons. The van der Waals surface area contributed by atoms with Crippen LogP contribution in [0.25, 0.3) is 0 Å². The van der Waals surface area contributed by atoms with E-state index < -0.39 is 51.6 Å². The molecular formula is C34H54N6O8S. The van der Waals surface area contributed by atoms with Crippen LogP contribution in [0, 0.1) is 17.3 Å². The number of piperidine rings is 1. The summed E-state index contributed by atoms with van der Waals surface area (Å²) in [5.74, 6) is -0.625. The van der Waals surface area contributed by atoms with Gasteiger partial charge >= 0.3 is 6.16 Å². The molecule has 1 aromatic rings. The number of carbonyl (C=O) groups excluding carboxylic acids is 4. The highest BCUT2D eigenvalue weighted by Crippen LogP contribution is 2.27. The monoisotopic (exact) mass is 706 g/mol. The van der Waals surface area contributed by atoms with Crippen LogP contribution in [0.5, 0.6) is 0 Å². The van der Waals surface area contributed by atoms with E-state index in [1.807, 2.05) is 49.1 Å². The molecule has 2 heterocycles. The predicted octanol–water partition coefficient (Wildman–Crippen LogP) is 2.42. The number of rotatable bonds is 14. The third-order valence-electron chi connectivity index (χ3n) is 8.70. The lowest BCUT2D eigenvalue weighted by Gasteiger charge is -2.33. The van der Waals surface area contributed by atoms with Crippen molar-refractivity contribution in [2.75, 3.05) is 39.0 Å². The number of ether oxygens (including phenoxy) is 2. The first kappa shape index (κ1) is 39.7. The van der Waals surface area contributed by atoms with E-state index in [1.54, 1.807) is 20.8 Å². The van der Waals surface area contributed by atoms with Crippen molar-refractivity contribution in [3.63, 3.8) is 0 Å². The number of carbonyl (C=O) groups is 4. The molecule has 14 nitrogen and oxygen atoms in total. The largest absolute Gasteiger partial charge is 0.508 e. The number of likely N-dealkylation sites (tertiary alicyclic amines) is 2. The van der Waals surface area contributed by atoms with Crippen LogP contribution in [0.2, 0.25) is 0 Å². The highest BCUT2D eigenvalue weighted by atomic mass is 32.2. The second-order valence-electron chi connectivity index (χ2n) is 14.2. The molecule has 0 radical (unpaired) electrons. The molecule has 2 aliphatic rings. The van der Waals surface area contributed by atoms with Crippen molar-refractivity contribution in [1.82, 2.24) is 19.8 Å². The zero-order valence-corrected chi connectivity index (χ0v) is 30.5. The third-order valence-corrected chi connectivity index (χ3v) is 9.42. The predicted molar refractivity (Wildman–Crippen MR) is 186 cm³/mol. The van der Waals surface area contributed by atoms with E-state index in [9.17, 15) is 27.6 Å². The second kappa shape index (κ2) is 17.8. The molecule has 3 amide bonds. The fourth-order valence-electron chi connectivity index (χ4n) is 6.13. The van der Waals surface area contributed by atoms with Gasteiger partial charge in [-0.2, -0.15) is 4.99 Å². The highest BCUT2D eigenvalue weighted by Gasteiger charge is 2.38. The number of nitrogens with two attached hydrogens (primary N) is 1. The standard InChI is InChI=1S/C34H54N6O8S/c1-23(2)22-47-33(44)48-24(3)20-34(4,5)31(43)37-32(35)39-17-14-26(15-18-39)21-36-29(41)28-13-10-16-40(28)30(42)27(38-49(6,45)46)19-25-11-8-7-9-12-25/h7-9,11-12,23-24,26-28,38H,10,13-22H2,1-6H3,(H,36,41)(H2,35,37,43)/t24?,27-,28+/m1/s1. The number of hydrogen-bond acceptors (Lipinski definition) is 8. The van der Waals surface area contributed by atoms with E-state index in [0.717, 1.165) is 11.8 Å². The van der Waals surface area contributed by atoms with Gasteiger partial charge < -0.3 is 30.3 Å². The van der Waals surface area contributed by atoms with E-state index in [1.165, 1.54) is 4.90 Å². The van der Waals surface area contributed by atoms with Crippen molar-refractivity contribution >= 4 is 39.9 Å². The minimum absolute atomic E-state index is 0.123. The minimum atomic E-state index is -3.68. The first-order chi connectivity index (χ1) is 22.9. The summed E-state index contributed by atoms with van der Waals surface area (Å²) in [5, 5.41) is 3.01. The van der Waals surface area contributed by atoms with Gasteiger partial charge in [0.15, 0.2) is 5.96 Å². The van der Waals surface area contributed by atoms with Crippen molar-refractivity contribution in [2.24, 2.45) is 28.0 Å². The molecule has 15 heteroatoms. The number of benzene rings is 1. The van der Waals surface area contributed by atoms with Crippen LogP contribution in [0.1, 0.15) is 72.3 Å². The molecule has 2 fully saturated rings. The van der Waals surface area contributed by atoms with Crippen molar-refractivity contribution in [1.29, 1.82) is 0 Å². The van der Waals surface area contributed by atoms with Crippen LogP contribution in [-0.2, 0) is 40.3 Å². The Balaban J connectivity index is 1.49. The maximum absolute atomic E-state index is 13.6. The fraction of sp³-hybridized carbons (Fsp3) is 0.676. The van der Waals surface area contributed by atoms with Gasteiger partial charge in [-0.05, 0) is 62.8 Å². The minimum Gasteiger partial charge on any atom is -0.434 e. The smallest absolute Gasteiger partial charge is 0.434 e. The summed E-state index contributed by atoms with van der Waals surface area (Å²) in [5.41, 5.74) is 6.11. The van der Waals surface area contributed by atoms with E-state index in [2.05, 4.69) is 15.0 Å². The van der Waals surface area contributed by atoms with E-state index in [-0.39, 0.29) is 43.2 Å². The summed E-state index contributed by atoms with van der Waals surface area (Å²) in [4.78, 5) is 59.3. The van der Waals surface area contributed by atoms with Crippen LogP contribution in [-0.4, -0.2) is 105 Å². The molecule has 2 aliphatic heterocycles. The first-order valence-electron chi connectivity index (χ1n) is 17.0. The molecule has 4 N–H and O–H groups in total. The lowest BCUT2D eigenvalue weighted by atomic mass is 9.86. The van der Waals surface area contributed by atoms with Gasteiger partial charge in [-0.1, -0.05) is 58.0 Å². The molecular weight excluding hydrogens is 652 g/mol. The van der Waals surface area contributed by atoms with Crippen LogP contribution in [0.15, 0.2) is 35.3 Å². The summed E-state index contributed by atoms with van der Waals surface area (Å²) in [6, 6.07) is 7.45. The number of hydrogen-bond donors (Lipinski definition) is 3.